The highest BCUT2D eigenvalue weighted by Gasteiger charge is 2.30. The summed E-state index contributed by atoms with van der Waals surface area (Å²) in [4.78, 5) is 30.9. The zero-order chi connectivity index (χ0) is 21.7. The topological polar surface area (TPSA) is 43.9 Å². The van der Waals surface area contributed by atoms with Crippen molar-refractivity contribution in [3.8, 4) is 0 Å². The van der Waals surface area contributed by atoms with E-state index >= 15 is 0 Å². The Labute approximate surface area is 177 Å². The molecule has 0 aliphatic carbocycles. The lowest BCUT2D eigenvalue weighted by molar-refractivity contribution is -0.137. The summed E-state index contributed by atoms with van der Waals surface area (Å²) < 4.78 is 38.1. The van der Waals surface area contributed by atoms with Gasteiger partial charge in [0.05, 0.1) is 17.0 Å². The Balaban J connectivity index is 1.50. The molecule has 1 aliphatic rings. The monoisotopic (exact) mass is 439 g/mol. The number of carbonyl (C=O) groups is 2. The predicted octanol–water partition coefficient (Wildman–Crippen LogP) is 3.57. The number of rotatable bonds is 5. The number of benzene rings is 1. The summed E-state index contributed by atoms with van der Waals surface area (Å²) in [6.07, 6.45) is -3.56. The summed E-state index contributed by atoms with van der Waals surface area (Å²) in [7, 11) is 1.62. The van der Waals surface area contributed by atoms with Gasteiger partial charge in [0.15, 0.2) is 0 Å². The van der Waals surface area contributed by atoms with Gasteiger partial charge < -0.3 is 9.80 Å². The minimum absolute atomic E-state index is 0.0235. The number of carbonyl (C=O) groups excluding carboxylic acids is 2. The van der Waals surface area contributed by atoms with Gasteiger partial charge in [-0.2, -0.15) is 13.2 Å². The molecule has 9 heteroatoms. The highest BCUT2D eigenvalue weighted by Crippen LogP contribution is 2.29. The summed E-state index contributed by atoms with van der Waals surface area (Å²) in [5, 5.41) is 1.82. The maximum absolute atomic E-state index is 12.7. The van der Waals surface area contributed by atoms with E-state index in [1.807, 2.05) is 5.38 Å². The van der Waals surface area contributed by atoms with Crippen LogP contribution in [0.2, 0.25) is 0 Å². The number of halogens is 3. The molecule has 3 rings (SSSR count). The van der Waals surface area contributed by atoms with Crippen LogP contribution in [0.4, 0.5) is 13.2 Å². The number of likely N-dealkylation sites (N-methyl/N-ethyl adjacent to an activating group) is 1. The Hall–Kier alpha value is -2.39. The molecular formula is C21H24F3N3O2S. The van der Waals surface area contributed by atoms with Crippen LogP contribution in [0.1, 0.15) is 27.2 Å². The molecule has 2 heterocycles. The van der Waals surface area contributed by atoms with Crippen molar-refractivity contribution in [3.05, 3.63) is 57.8 Å². The van der Waals surface area contributed by atoms with Crippen molar-refractivity contribution in [3.63, 3.8) is 0 Å². The fourth-order valence-corrected chi connectivity index (χ4v) is 4.12. The van der Waals surface area contributed by atoms with Crippen LogP contribution in [0.3, 0.4) is 0 Å². The summed E-state index contributed by atoms with van der Waals surface area (Å²) in [6.45, 7) is 3.08. The smallest absolute Gasteiger partial charge is 0.340 e. The molecule has 0 bridgehead atoms. The third-order valence-electron chi connectivity index (χ3n) is 5.08. The standard InChI is InChI=1S/C21H24F3N3O2S/c1-25(20(29)18-4-2-13-30-18)15-19(28)27-10-3-9-26(11-12-27)14-16-5-7-17(8-6-16)21(22,23)24/h2,4-8,13H,3,9-12,14-15H2,1H3. The molecule has 1 saturated heterocycles. The molecule has 2 amide bonds. The summed E-state index contributed by atoms with van der Waals surface area (Å²) in [5.41, 5.74) is 0.157. The minimum atomic E-state index is -4.33. The van der Waals surface area contributed by atoms with E-state index in [-0.39, 0.29) is 18.4 Å². The molecule has 1 fully saturated rings. The Morgan fingerprint density at radius 3 is 2.43 bits per heavy atom. The van der Waals surface area contributed by atoms with Crippen LogP contribution in [0, 0.1) is 0 Å². The van der Waals surface area contributed by atoms with Crippen molar-refractivity contribution < 1.29 is 22.8 Å². The van der Waals surface area contributed by atoms with E-state index in [1.54, 1.807) is 24.1 Å². The zero-order valence-electron chi connectivity index (χ0n) is 16.7. The largest absolute Gasteiger partial charge is 0.416 e. The van der Waals surface area contributed by atoms with Gasteiger partial charge >= 0.3 is 6.18 Å². The van der Waals surface area contributed by atoms with E-state index < -0.39 is 11.7 Å². The third-order valence-corrected chi connectivity index (χ3v) is 5.94. The number of thiophene rings is 1. The second-order valence-electron chi connectivity index (χ2n) is 7.34. The third kappa shape index (κ3) is 5.82. The molecule has 0 N–H and O–H groups in total. The average Bonchev–Trinajstić information content (AvgIpc) is 3.14. The lowest BCUT2D eigenvalue weighted by Crippen LogP contribution is -2.42. The number of amides is 2. The van der Waals surface area contributed by atoms with Gasteiger partial charge in [0.2, 0.25) is 5.91 Å². The van der Waals surface area contributed by atoms with Crippen molar-refractivity contribution in [2.24, 2.45) is 0 Å². The first-order valence-electron chi connectivity index (χ1n) is 9.69. The van der Waals surface area contributed by atoms with Crippen molar-refractivity contribution in [1.29, 1.82) is 0 Å². The summed E-state index contributed by atoms with van der Waals surface area (Å²) in [5.74, 6) is -0.268. The molecule has 5 nitrogen and oxygen atoms in total. The zero-order valence-corrected chi connectivity index (χ0v) is 17.5. The highest BCUT2D eigenvalue weighted by atomic mass is 32.1. The van der Waals surface area contributed by atoms with Crippen molar-refractivity contribution in [1.82, 2.24) is 14.7 Å². The van der Waals surface area contributed by atoms with E-state index in [2.05, 4.69) is 4.90 Å². The number of hydrogen-bond donors (Lipinski definition) is 0. The van der Waals surface area contributed by atoms with E-state index in [4.69, 9.17) is 0 Å². The van der Waals surface area contributed by atoms with Gasteiger partial charge in [-0.25, -0.2) is 0 Å². The Bertz CT molecular complexity index is 853. The lowest BCUT2D eigenvalue weighted by atomic mass is 10.1. The van der Waals surface area contributed by atoms with Gasteiger partial charge in [0.25, 0.3) is 5.91 Å². The average molecular weight is 440 g/mol. The quantitative estimate of drug-likeness (QED) is 0.716. The van der Waals surface area contributed by atoms with Gasteiger partial charge in [-0.15, -0.1) is 11.3 Å². The number of alkyl halides is 3. The molecule has 1 aromatic carbocycles. The molecule has 2 aromatic rings. The van der Waals surface area contributed by atoms with Crippen LogP contribution in [0.25, 0.3) is 0 Å². The number of nitrogens with zero attached hydrogens (tertiary/aromatic N) is 3. The molecule has 0 saturated carbocycles. The molecule has 0 spiro atoms. The fraction of sp³-hybridized carbons (Fsp3) is 0.429. The Kier molecular flexibility index (Phi) is 7.14. The molecule has 0 atom stereocenters. The van der Waals surface area contributed by atoms with Gasteiger partial charge in [0.1, 0.15) is 0 Å². The number of hydrogen-bond acceptors (Lipinski definition) is 4. The highest BCUT2D eigenvalue weighted by molar-refractivity contribution is 7.12. The molecular weight excluding hydrogens is 415 g/mol. The molecule has 0 unspecified atom stereocenters. The van der Waals surface area contributed by atoms with Crippen LogP contribution in [-0.4, -0.2) is 66.3 Å². The summed E-state index contributed by atoms with van der Waals surface area (Å²) in [6, 6.07) is 8.74. The van der Waals surface area contributed by atoms with Gasteiger partial charge in [-0.3, -0.25) is 14.5 Å². The van der Waals surface area contributed by atoms with E-state index in [1.165, 1.54) is 28.4 Å². The fourth-order valence-electron chi connectivity index (χ4n) is 3.40. The maximum Gasteiger partial charge on any atom is 0.416 e. The first-order chi connectivity index (χ1) is 14.2. The van der Waals surface area contributed by atoms with E-state index in [0.717, 1.165) is 30.7 Å². The molecule has 30 heavy (non-hydrogen) atoms. The van der Waals surface area contributed by atoms with Crippen molar-refractivity contribution in [2.75, 3.05) is 39.8 Å². The summed E-state index contributed by atoms with van der Waals surface area (Å²) >= 11 is 1.34. The van der Waals surface area contributed by atoms with E-state index in [9.17, 15) is 22.8 Å². The Morgan fingerprint density at radius 2 is 1.80 bits per heavy atom. The Morgan fingerprint density at radius 1 is 1.07 bits per heavy atom. The van der Waals surface area contributed by atoms with Crippen LogP contribution < -0.4 is 0 Å². The van der Waals surface area contributed by atoms with Gasteiger partial charge in [-0.1, -0.05) is 18.2 Å². The van der Waals surface area contributed by atoms with Crippen LogP contribution in [0.15, 0.2) is 41.8 Å². The predicted molar refractivity (Wildman–Crippen MR) is 109 cm³/mol. The lowest BCUT2D eigenvalue weighted by Gasteiger charge is -2.24. The normalized spacial score (nSPS) is 15.7. The van der Waals surface area contributed by atoms with Gasteiger partial charge in [-0.05, 0) is 35.6 Å². The second-order valence-corrected chi connectivity index (χ2v) is 8.29. The molecule has 1 aliphatic heterocycles. The SMILES string of the molecule is CN(CC(=O)N1CCCN(Cc2ccc(C(F)(F)F)cc2)CC1)C(=O)c1cccs1. The van der Waals surface area contributed by atoms with Crippen LogP contribution >= 0.6 is 11.3 Å². The molecule has 0 radical (unpaired) electrons. The maximum atomic E-state index is 12.7. The van der Waals surface area contributed by atoms with Crippen molar-refractivity contribution >= 4 is 23.2 Å². The molecule has 1 aromatic heterocycles. The minimum Gasteiger partial charge on any atom is -0.340 e. The first kappa shape index (κ1) is 22.3. The van der Waals surface area contributed by atoms with E-state index in [0.29, 0.717) is 31.1 Å². The van der Waals surface area contributed by atoms with Crippen molar-refractivity contribution in [2.45, 2.75) is 19.1 Å². The van der Waals surface area contributed by atoms with Crippen LogP contribution in [0.5, 0.6) is 0 Å². The second kappa shape index (κ2) is 9.61. The van der Waals surface area contributed by atoms with Crippen LogP contribution in [-0.2, 0) is 17.5 Å². The van der Waals surface area contributed by atoms with Gasteiger partial charge in [0, 0.05) is 39.8 Å². The first-order valence-corrected chi connectivity index (χ1v) is 10.6. The molecule has 162 valence electrons.